The number of nitrogens with one attached hydrogen (secondary N) is 2. The molecule has 1 aliphatic rings. The first-order chi connectivity index (χ1) is 14.9. The van der Waals surface area contributed by atoms with Crippen LogP contribution >= 0.6 is 0 Å². The number of imidazole rings is 1. The number of carbonyl (C=O) groups excluding carboxylic acids is 2. The molecule has 0 aliphatic carbocycles. The van der Waals surface area contributed by atoms with Crippen molar-refractivity contribution in [1.29, 1.82) is 0 Å². The summed E-state index contributed by atoms with van der Waals surface area (Å²) in [7, 11) is 0. The number of hydrogen-bond acceptors (Lipinski definition) is 5. The Morgan fingerprint density at radius 2 is 2.00 bits per heavy atom. The maximum absolute atomic E-state index is 13.3. The molecule has 1 aliphatic heterocycles. The van der Waals surface area contributed by atoms with Gasteiger partial charge in [0.25, 0.3) is 0 Å². The number of nitrogens with zero attached hydrogens (tertiary/aromatic N) is 3. The number of alkyl carbamates (subject to hydrolysis) is 1. The summed E-state index contributed by atoms with van der Waals surface area (Å²) in [5.41, 5.74) is 0.880. The van der Waals surface area contributed by atoms with Gasteiger partial charge in [0.2, 0.25) is 5.91 Å². The van der Waals surface area contributed by atoms with Crippen molar-refractivity contribution in [3.05, 3.63) is 54.1 Å². The van der Waals surface area contributed by atoms with Gasteiger partial charge in [0.1, 0.15) is 11.6 Å². The highest BCUT2D eigenvalue weighted by Crippen LogP contribution is 2.19. The molecule has 1 fully saturated rings. The number of H-pyrrole nitrogens is 1. The van der Waals surface area contributed by atoms with E-state index < -0.39 is 17.7 Å². The zero-order chi connectivity index (χ0) is 22.3. The van der Waals surface area contributed by atoms with Crippen molar-refractivity contribution in [1.82, 2.24) is 25.1 Å². The van der Waals surface area contributed by atoms with E-state index in [4.69, 9.17) is 6.11 Å². The Bertz CT molecular complexity index is 836. The van der Waals surface area contributed by atoms with E-state index >= 15 is 0 Å². The molecule has 0 bridgehead atoms. The first-order valence-corrected chi connectivity index (χ1v) is 10.2. The summed E-state index contributed by atoms with van der Waals surface area (Å²) in [6, 6.07) is 8.35. The van der Waals surface area contributed by atoms with Gasteiger partial charge in [-0.25, -0.2) is 9.78 Å². The molecule has 8 heteroatoms. The molecule has 0 saturated carbocycles. The van der Waals surface area contributed by atoms with Crippen LogP contribution in [-0.4, -0.2) is 70.1 Å². The Kier molecular flexibility index (Phi) is 6.63. The predicted octanol–water partition coefficient (Wildman–Crippen LogP) is 2.36. The lowest BCUT2D eigenvalue weighted by Crippen LogP contribution is -2.52. The van der Waals surface area contributed by atoms with E-state index in [1.165, 1.54) is 0 Å². The maximum Gasteiger partial charge on any atom is 0.408 e. The van der Waals surface area contributed by atoms with Crippen LogP contribution in [0, 0.1) is 0 Å². The molecule has 1 aromatic heterocycles. The van der Waals surface area contributed by atoms with E-state index in [0.717, 1.165) is 31.7 Å². The van der Waals surface area contributed by atoms with E-state index in [2.05, 4.69) is 20.2 Å². The molecule has 1 unspecified atom stereocenters. The zero-order valence-corrected chi connectivity index (χ0v) is 17.6. The van der Waals surface area contributed by atoms with Crippen LogP contribution < -0.4 is 5.32 Å². The number of carbonyl (C=O) groups is 2. The molecule has 30 heavy (non-hydrogen) atoms. The number of aromatic nitrogens is 2. The molecular formula is C22H31N5O3. The predicted molar refractivity (Wildman–Crippen MR) is 114 cm³/mol. The molecule has 8 nitrogen and oxygen atoms in total. The number of amides is 2. The van der Waals surface area contributed by atoms with Gasteiger partial charge < -0.3 is 19.9 Å². The summed E-state index contributed by atoms with van der Waals surface area (Å²) < 4.78 is 12.8. The number of hydrogen-bond donors (Lipinski definition) is 2. The van der Waals surface area contributed by atoms with Gasteiger partial charge >= 0.3 is 6.09 Å². The highest BCUT2D eigenvalue weighted by Gasteiger charge is 2.31. The lowest BCUT2D eigenvalue weighted by molar-refractivity contribution is -0.135. The highest BCUT2D eigenvalue weighted by molar-refractivity contribution is 5.87. The van der Waals surface area contributed by atoms with Crippen molar-refractivity contribution in [3.63, 3.8) is 0 Å². The lowest BCUT2D eigenvalue weighted by atomic mass is 10.1. The number of rotatable bonds is 6. The molecule has 1 aromatic carbocycles. The Morgan fingerprint density at radius 1 is 1.27 bits per heavy atom. The Labute approximate surface area is 179 Å². The second kappa shape index (κ2) is 9.75. The minimum Gasteiger partial charge on any atom is -0.444 e. The van der Waals surface area contributed by atoms with E-state index in [9.17, 15) is 9.59 Å². The molecule has 1 atom stereocenters. The standard InChI is InChI=1S/C22H31N5O3/c1-22(2,3)30-21(29)25-19(17-7-5-4-6-8-17)20(28)27-13-11-26(12-14-27)10-9-18-15-23-16-24-18/h4-8,15-16,19H,9-14H2,1-3H3,(H,23,24)(H,25,29)/i1D. The van der Waals surface area contributed by atoms with Crippen molar-refractivity contribution in [3.8, 4) is 0 Å². The number of aromatic amines is 1. The molecule has 0 spiro atoms. The second-order valence-electron chi connectivity index (χ2n) is 8.13. The summed E-state index contributed by atoms with van der Waals surface area (Å²) in [5.74, 6) is -0.153. The molecule has 2 aromatic rings. The highest BCUT2D eigenvalue weighted by atomic mass is 16.6. The average molecular weight is 415 g/mol. The van der Waals surface area contributed by atoms with Crippen molar-refractivity contribution in [2.45, 2.75) is 38.8 Å². The number of ether oxygens (including phenoxy) is 1. The summed E-state index contributed by atoms with van der Waals surface area (Å²) in [6.07, 6.45) is 3.70. The van der Waals surface area contributed by atoms with Crippen LogP contribution in [0.4, 0.5) is 4.79 Å². The minimum absolute atomic E-state index is 0.0646. The third kappa shape index (κ3) is 6.32. The molecule has 2 N–H and O–H groups in total. The van der Waals surface area contributed by atoms with Crippen LogP contribution in [-0.2, 0) is 16.0 Å². The third-order valence-corrected chi connectivity index (χ3v) is 4.95. The minimum atomic E-state index is -0.922. The SMILES string of the molecule is [2H]CC(C)(C)OC(=O)NC(C(=O)N1CCN(CCc2cnc[nH]2)CC1)c1ccccc1. The van der Waals surface area contributed by atoms with Gasteiger partial charge in [-0.05, 0) is 26.3 Å². The summed E-state index contributed by atoms with van der Waals surface area (Å²) in [4.78, 5) is 37.0. The lowest BCUT2D eigenvalue weighted by Gasteiger charge is -2.36. The van der Waals surface area contributed by atoms with Gasteiger partial charge in [-0.2, -0.15) is 0 Å². The van der Waals surface area contributed by atoms with E-state index in [0.29, 0.717) is 18.7 Å². The molecule has 2 heterocycles. The quantitative estimate of drug-likeness (QED) is 0.757. The van der Waals surface area contributed by atoms with Gasteiger partial charge in [0.05, 0.1) is 6.33 Å². The fourth-order valence-corrected chi connectivity index (χ4v) is 3.41. The summed E-state index contributed by atoms with van der Waals surface area (Å²) >= 11 is 0. The average Bonchev–Trinajstić information content (AvgIpc) is 3.30. The zero-order valence-electron chi connectivity index (χ0n) is 18.6. The van der Waals surface area contributed by atoms with Crippen LogP contribution in [0.2, 0.25) is 0 Å². The summed E-state index contributed by atoms with van der Waals surface area (Å²) in [5, 5.41) is 2.72. The van der Waals surface area contributed by atoms with Gasteiger partial charge in [-0.15, -0.1) is 0 Å². The molecule has 1 saturated heterocycles. The van der Waals surface area contributed by atoms with E-state index in [1.807, 2.05) is 36.5 Å². The van der Waals surface area contributed by atoms with Crippen LogP contribution in [0.25, 0.3) is 0 Å². The molecule has 3 rings (SSSR count). The molecule has 2 amide bonds. The van der Waals surface area contributed by atoms with Gasteiger partial charge in [-0.1, -0.05) is 30.3 Å². The van der Waals surface area contributed by atoms with Crippen LogP contribution in [0.1, 0.15) is 39.4 Å². The van der Waals surface area contributed by atoms with E-state index in [-0.39, 0.29) is 12.8 Å². The van der Waals surface area contributed by atoms with Crippen molar-refractivity contribution >= 4 is 12.0 Å². The third-order valence-electron chi connectivity index (χ3n) is 4.95. The monoisotopic (exact) mass is 414 g/mol. The normalized spacial score (nSPS) is 16.6. The summed E-state index contributed by atoms with van der Waals surface area (Å²) in [6.45, 7) is 6.92. The van der Waals surface area contributed by atoms with Crippen LogP contribution in [0.15, 0.2) is 42.9 Å². The topological polar surface area (TPSA) is 90.6 Å². The Balaban J connectivity index is 1.60. The first kappa shape index (κ1) is 20.4. The van der Waals surface area contributed by atoms with Gasteiger partial charge in [-0.3, -0.25) is 9.69 Å². The van der Waals surface area contributed by atoms with Crippen LogP contribution in [0.5, 0.6) is 0 Å². The van der Waals surface area contributed by atoms with E-state index in [1.54, 1.807) is 25.1 Å². The van der Waals surface area contributed by atoms with Gasteiger partial charge in [0.15, 0.2) is 0 Å². The molecule has 0 radical (unpaired) electrons. The van der Waals surface area contributed by atoms with Crippen LogP contribution in [0.3, 0.4) is 0 Å². The van der Waals surface area contributed by atoms with Crippen molar-refractivity contribution in [2.24, 2.45) is 0 Å². The van der Waals surface area contributed by atoms with Crippen molar-refractivity contribution in [2.75, 3.05) is 32.7 Å². The molecular weight excluding hydrogens is 382 g/mol. The number of piperazine rings is 1. The second-order valence-corrected chi connectivity index (χ2v) is 8.13. The first-order valence-electron chi connectivity index (χ1n) is 10.9. The van der Waals surface area contributed by atoms with Gasteiger partial charge in [0, 0.05) is 52.4 Å². The number of benzene rings is 1. The fraction of sp³-hybridized carbons (Fsp3) is 0.500. The maximum atomic E-state index is 13.3. The fourth-order valence-electron chi connectivity index (χ4n) is 3.41. The Hall–Kier alpha value is -2.87. The smallest absolute Gasteiger partial charge is 0.408 e. The molecule has 162 valence electrons. The largest absolute Gasteiger partial charge is 0.444 e. The Morgan fingerprint density at radius 3 is 2.63 bits per heavy atom. The van der Waals surface area contributed by atoms with Crippen molar-refractivity contribution < 1.29 is 15.7 Å².